The predicted molar refractivity (Wildman–Crippen MR) is 116 cm³/mol. The van der Waals surface area contributed by atoms with Crippen molar-refractivity contribution in [2.75, 3.05) is 0 Å². The fourth-order valence-electron chi connectivity index (χ4n) is 3.19. The van der Waals surface area contributed by atoms with Crippen LogP contribution in [0.3, 0.4) is 0 Å². The van der Waals surface area contributed by atoms with Crippen LogP contribution in [-0.4, -0.2) is 18.2 Å². The number of aromatic nitrogens is 2. The average molecular weight is 412 g/mol. The van der Waals surface area contributed by atoms with Crippen LogP contribution in [0.4, 0.5) is 0 Å². The van der Waals surface area contributed by atoms with Gasteiger partial charge in [0.2, 0.25) is 10.0 Å². The van der Waals surface area contributed by atoms with Gasteiger partial charge in [0.15, 0.2) is 0 Å². The molecule has 2 aromatic carbocycles. The van der Waals surface area contributed by atoms with E-state index in [0.717, 1.165) is 11.1 Å². The second-order valence-electron chi connectivity index (χ2n) is 8.54. The average Bonchev–Trinajstić information content (AvgIpc) is 3.15. The maximum atomic E-state index is 13.5. The van der Waals surface area contributed by atoms with Gasteiger partial charge in [-0.15, -0.1) is 0 Å². The summed E-state index contributed by atoms with van der Waals surface area (Å²) in [5.41, 5.74) is 1.93. The summed E-state index contributed by atoms with van der Waals surface area (Å²) in [4.78, 5) is 0.232. The highest BCUT2D eigenvalue weighted by atomic mass is 32.2. The summed E-state index contributed by atoms with van der Waals surface area (Å²) in [6.07, 6.45) is 1.64. The van der Waals surface area contributed by atoms with Crippen molar-refractivity contribution in [2.45, 2.75) is 57.0 Å². The Bertz CT molecular complexity index is 1010. The van der Waals surface area contributed by atoms with E-state index < -0.39 is 21.5 Å². The minimum atomic E-state index is -3.82. The maximum absolute atomic E-state index is 13.5. The Hall–Kier alpha value is -2.44. The lowest BCUT2D eigenvalue weighted by molar-refractivity contribution is 0.493. The fraction of sp³-hybridized carbons (Fsp3) is 0.348. The summed E-state index contributed by atoms with van der Waals surface area (Å²) < 4.78 is 31.7. The molecule has 0 aliphatic heterocycles. The van der Waals surface area contributed by atoms with Crippen LogP contribution in [0.25, 0.3) is 0 Å². The van der Waals surface area contributed by atoms with Crippen LogP contribution in [0.15, 0.2) is 71.8 Å². The summed E-state index contributed by atoms with van der Waals surface area (Å²) in [5.74, 6) is 0. The van der Waals surface area contributed by atoms with Crippen LogP contribution < -0.4 is 4.72 Å². The van der Waals surface area contributed by atoms with Crippen molar-refractivity contribution in [2.24, 2.45) is 0 Å². The molecule has 0 bridgehead atoms. The number of benzene rings is 2. The molecule has 0 aliphatic carbocycles. The van der Waals surface area contributed by atoms with Crippen molar-refractivity contribution >= 4 is 10.0 Å². The van der Waals surface area contributed by atoms with Gasteiger partial charge in [0.1, 0.15) is 4.90 Å². The number of rotatable bonds is 6. The van der Waals surface area contributed by atoms with Crippen molar-refractivity contribution in [3.63, 3.8) is 0 Å². The summed E-state index contributed by atoms with van der Waals surface area (Å²) in [7, 11) is -3.82. The van der Waals surface area contributed by atoms with Crippen molar-refractivity contribution in [1.82, 2.24) is 14.5 Å². The molecule has 154 valence electrons. The third-order valence-electron chi connectivity index (χ3n) is 4.77. The Kier molecular flexibility index (Phi) is 5.96. The van der Waals surface area contributed by atoms with Gasteiger partial charge in [0.25, 0.3) is 0 Å². The highest BCUT2D eigenvalue weighted by Crippen LogP contribution is 2.31. The zero-order valence-electron chi connectivity index (χ0n) is 17.6. The molecule has 5 nitrogen and oxygen atoms in total. The van der Waals surface area contributed by atoms with Crippen LogP contribution in [0.2, 0.25) is 0 Å². The summed E-state index contributed by atoms with van der Waals surface area (Å²) >= 11 is 0. The van der Waals surface area contributed by atoms with Gasteiger partial charge in [-0.05, 0) is 25.0 Å². The lowest BCUT2D eigenvalue weighted by Crippen LogP contribution is -2.31. The van der Waals surface area contributed by atoms with Crippen LogP contribution in [0.5, 0.6) is 0 Å². The van der Waals surface area contributed by atoms with Gasteiger partial charge in [-0.1, -0.05) is 81.4 Å². The van der Waals surface area contributed by atoms with E-state index in [0.29, 0.717) is 5.69 Å². The van der Waals surface area contributed by atoms with Crippen LogP contribution in [-0.2, 0) is 15.4 Å². The Morgan fingerprint density at radius 3 is 1.79 bits per heavy atom. The molecule has 0 spiro atoms. The molecule has 1 N–H and O–H groups in total. The first kappa shape index (κ1) is 21.3. The van der Waals surface area contributed by atoms with E-state index in [-0.39, 0.29) is 10.9 Å². The topological polar surface area (TPSA) is 64.0 Å². The van der Waals surface area contributed by atoms with E-state index in [1.807, 2.05) is 95.3 Å². The van der Waals surface area contributed by atoms with E-state index in [9.17, 15) is 8.42 Å². The SMILES string of the molecule is CC(C)n1cc(S(=O)(=O)NC(c2ccccc2)c2ccccc2)c(C(C)(C)C)n1. The standard InChI is InChI=1S/C23H29N3O2S/c1-17(2)26-16-20(22(24-26)23(3,4)5)29(27,28)25-21(18-12-8-6-9-13-18)19-14-10-7-11-15-19/h6-17,21,25H,1-5H3. The molecular formula is C23H29N3O2S. The number of sulfonamides is 1. The van der Waals surface area contributed by atoms with E-state index in [1.165, 1.54) is 0 Å². The predicted octanol–water partition coefficient (Wildman–Crippen LogP) is 4.83. The summed E-state index contributed by atoms with van der Waals surface area (Å²) in [6, 6.07) is 18.8. The first-order valence-electron chi connectivity index (χ1n) is 9.81. The van der Waals surface area contributed by atoms with Gasteiger partial charge in [-0.2, -0.15) is 9.82 Å². The summed E-state index contributed by atoms with van der Waals surface area (Å²) in [6.45, 7) is 9.90. The van der Waals surface area contributed by atoms with Gasteiger partial charge in [0, 0.05) is 17.7 Å². The molecular weight excluding hydrogens is 382 g/mol. The smallest absolute Gasteiger partial charge is 0.244 e. The van der Waals surface area contributed by atoms with Crippen LogP contribution >= 0.6 is 0 Å². The molecule has 0 amide bonds. The number of nitrogens with zero attached hydrogens (tertiary/aromatic N) is 2. The quantitative estimate of drug-likeness (QED) is 0.632. The fourth-order valence-corrected chi connectivity index (χ4v) is 4.75. The van der Waals surface area contributed by atoms with Gasteiger partial charge in [-0.3, -0.25) is 4.68 Å². The number of hydrogen-bond donors (Lipinski definition) is 1. The highest BCUT2D eigenvalue weighted by molar-refractivity contribution is 7.89. The van der Waals surface area contributed by atoms with E-state index >= 15 is 0 Å². The molecule has 0 radical (unpaired) electrons. The molecule has 1 aromatic heterocycles. The number of hydrogen-bond acceptors (Lipinski definition) is 3. The minimum absolute atomic E-state index is 0.0686. The van der Waals surface area contributed by atoms with E-state index in [1.54, 1.807) is 10.9 Å². The molecule has 1 heterocycles. The lowest BCUT2D eigenvalue weighted by atomic mass is 9.92. The molecule has 0 unspecified atom stereocenters. The Labute approximate surface area is 173 Å². The Balaban J connectivity index is 2.09. The molecule has 0 atom stereocenters. The van der Waals surface area contributed by atoms with Gasteiger partial charge in [0.05, 0.1) is 11.7 Å². The second kappa shape index (κ2) is 8.13. The molecule has 0 aliphatic rings. The number of nitrogens with one attached hydrogen (secondary N) is 1. The molecule has 0 saturated carbocycles. The van der Waals surface area contributed by atoms with Gasteiger partial charge in [-0.25, -0.2) is 8.42 Å². The van der Waals surface area contributed by atoms with Crippen molar-refractivity contribution in [3.8, 4) is 0 Å². The molecule has 0 saturated heterocycles. The molecule has 6 heteroatoms. The molecule has 3 aromatic rings. The van der Waals surface area contributed by atoms with E-state index in [4.69, 9.17) is 0 Å². The molecule has 0 fully saturated rings. The zero-order valence-corrected chi connectivity index (χ0v) is 18.4. The Morgan fingerprint density at radius 2 is 1.38 bits per heavy atom. The molecule has 3 rings (SSSR count). The monoisotopic (exact) mass is 411 g/mol. The maximum Gasteiger partial charge on any atom is 0.244 e. The summed E-state index contributed by atoms with van der Waals surface area (Å²) in [5, 5.41) is 4.60. The zero-order chi connectivity index (χ0) is 21.2. The third kappa shape index (κ3) is 4.77. The first-order valence-corrected chi connectivity index (χ1v) is 11.3. The molecule has 29 heavy (non-hydrogen) atoms. The van der Waals surface area contributed by atoms with Crippen LogP contribution in [0.1, 0.15) is 63.5 Å². The highest BCUT2D eigenvalue weighted by Gasteiger charge is 2.32. The second-order valence-corrected chi connectivity index (χ2v) is 10.2. The van der Waals surface area contributed by atoms with Crippen molar-refractivity contribution in [3.05, 3.63) is 83.7 Å². The van der Waals surface area contributed by atoms with Gasteiger partial charge >= 0.3 is 0 Å². The van der Waals surface area contributed by atoms with Crippen molar-refractivity contribution < 1.29 is 8.42 Å². The third-order valence-corrected chi connectivity index (χ3v) is 6.19. The van der Waals surface area contributed by atoms with Gasteiger partial charge < -0.3 is 0 Å². The van der Waals surface area contributed by atoms with Crippen molar-refractivity contribution in [1.29, 1.82) is 0 Å². The largest absolute Gasteiger partial charge is 0.269 e. The minimum Gasteiger partial charge on any atom is -0.269 e. The van der Waals surface area contributed by atoms with E-state index in [2.05, 4.69) is 9.82 Å². The lowest BCUT2D eigenvalue weighted by Gasteiger charge is -2.22. The van der Waals surface area contributed by atoms with Crippen LogP contribution in [0, 0.1) is 0 Å². The normalized spacial score (nSPS) is 12.7. The first-order chi connectivity index (χ1) is 13.6. The Morgan fingerprint density at radius 1 is 0.897 bits per heavy atom.